The minimum absolute atomic E-state index is 0.131. The standard InChI is InChI=1S/C14H16Cl2FNO/c1-9(15)10-4-6-18(7-5-10)14(19)12-3-2-11(17)8-13(12)16/h2-3,8-10H,4-7H2,1H3. The van der Waals surface area contributed by atoms with Gasteiger partial charge in [0.1, 0.15) is 5.82 Å². The van der Waals surface area contributed by atoms with Gasteiger partial charge in [-0.05, 0) is 43.9 Å². The Hall–Kier alpha value is -0.800. The van der Waals surface area contributed by atoms with Crippen molar-refractivity contribution >= 4 is 29.1 Å². The first-order chi connectivity index (χ1) is 8.99. The van der Waals surface area contributed by atoms with Crippen LogP contribution in [0.3, 0.4) is 0 Å². The lowest BCUT2D eigenvalue weighted by Crippen LogP contribution is -2.40. The van der Waals surface area contributed by atoms with E-state index in [0.29, 0.717) is 24.6 Å². The largest absolute Gasteiger partial charge is 0.339 e. The van der Waals surface area contributed by atoms with E-state index in [1.807, 2.05) is 6.92 Å². The Morgan fingerprint density at radius 3 is 2.58 bits per heavy atom. The van der Waals surface area contributed by atoms with Crippen LogP contribution in [0.2, 0.25) is 5.02 Å². The zero-order chi connectivity index (χ0) is 14.0. The van der Waals surface area contributed by atoms with Crippen LogP contribution in [0.1, 0.15) is 30.1 Å². The lowest BCUT2D eigenvalue weighted by molar-refractivity contribution is 0.0690. The van der Waals surface area contributed by atoms with Gasteiger partial charge in [0.05, 0.1) is 10.6 Å². The fourth-order valence-electron chi connectivity index (χ4n) is 2.40. The Labute approximate surface area is 122 Å². The predicted molar refractivity (Wildman–Crippen MR) is 75.4 cm³/mol. The fourth-order valence-corrected chi connectivity index (χ4v) is 2.90. The lowest BCUT2D eigenvalue weighted by atomic mass is 9.93. The van der Waals surface area contributed by atoms with Crippen molar-refractivity contribution in [1.82, 2.24) is 4.90 Å². The number of benzene rings is 1. The summed E-state index contributed by atoms with van der Waals surface area (Å²) >= 11 is 12.0. The van der Waals surface area contributed by atoms with Crippen molar-refractivity contribution < 1.29 is 9.18 Å². The third kappa shape index (κ3) is 3.40. The molecular weight excluding hydrogens is 288 g/mol. The molecule has 0 bridgehead atoms. The van der Waals surface area contributed by atoms with Crippen molar-refractivity contribution in [2.45, 2.75) is 25.1 Å². The first-order valence-electron chi connectivity index (χ1n) is 6.37. The topological polar surface area (TPSA) is 20.3 Å². The van der Waals surface area contributed by atoms with E-state index in [1.165, 1.54) is 18.2 Å². The molecule has 0 spiro atoms. The Morgan fingerprint density at radius 2 is 2.05 bits per heavy atom. The highest BCUT2D eigenvalue weighted by atomic mass is 35.5. The quantitative estimate of drug-likeness (QED) is 0.757. The van der Waals surface area contributed by atoms with Gasteiger partial charge < -0.3 is 4.90 Å². The number of alkyl halides is 1. The van der Waals surface area contributed by atoms with Gasteiger partial charge in [0.25, 0.3) is 5.91 Å². The van der Waals surface area contributed by atoms with Gasteiger partial charge in [-0.3, -0.25) is 4.79 Å². The third-order valence-corrected chi connectivity index (χ3v) is 4.31. The normalized spacial score (nSPS) is 18.4. The Kier molecular flexibility index (Phi) is 4.69. The molecule has 0 radical (unpaired) electrons. The second-order valence-corrected chi connectivity index (χ2v) is 6.03. The average Bonchev–Trinajstić information content (AvgIpc) is 2.38. The molecule has 0 aliphatic carbocycles. The lowest BCUT2D eigenvalue weighted by Gasteiger charge is -2.33. The molecule has 2 nitrogen and oxygen atoms in total. The molecule has 1 heterocycles. The van der Waals surface area contributed by atoms with Crippen LogP contribution in [0.4, 0.5) is 4.39 Å². The molecule has 1 aliphatic heterocycles. The Bertz CT molecular complexity index is 471. The second kappa shape index (κ2) is 6.10. The number of amides is 1. The van der Waals surface area contributed by atoms with Crippen LogP contribution < -0.4 is 0 Å². The van der Waals surface area contributed by atoms with E-state index in [0.717, 1.165) is 12.8 Å². The first kappa shape index (κ1) is 14.6. The highest BCUT2D eigenvalue weighted by molar-refractivity contribution is 6.33. The molecule has 0 N–H and O–H groups in total. The third-order valence-electron chi connectivity index (χ3n) is 3.64. The van der Waals surface area contributed by atoms with Crippen LogP contribution >= 0.6 is 23.2 Å². The summed E-state index contributed by atoms with van der Waals surface area (Å²) in [6.45, 7) is 3.34. The van der Waals surface area contributed by atoms with Gasteiger partial charge in [0.2, 0.25) is 0 Å². The zero-order valence-corrected chi connectivity index (χ0v) is 12.2. The maximum absolute atomic E-state index is 13.0. The summed E-state index contributed by atoms with van der Waals surface area (Å²) in [6, 6.07) is 3.87. The number of rotatable bonds is 2. The highest BCUT2D eigenvalue weighted by Gasteiger charge is 2.26. The van der Waals surface area contributed by atoms with E-state index in [9.17, 15) is 9.18 Å². The molecular formula is C14H16Cl2FNO. The number of carbonyl (C=O) groups excluding carboxylic acids is 1. The number of hydrogen-bond acceptors (Lipinski definition) is 1. The van der Waals surface area contributed by atoms with Crippen LogP contribution in [-0.4, -0.2) is 29.3 Å². The number of likely N-dealkylation sites (tertiary alicyclic amines) is 1. The summed E-state index contributed by atoms with van der Waals surface area (Å²) in [7, 11) is 0. The smallest absolute Gasteiger partial charge is 0.255 e. The summed E-state index contributed by atoms with van der Waals surface area (Å²) in [5, 5.41) is 0.296. The molecule has 1 saturated heterocycles. The molecule has 1 atom stereocenters. The highest BCUT2D eigenvalue weighted by Crippen LogP contribution is 2.26. The number of hydrogen-bond donors (Lipinski definition) is 0. The van der Waals surface area contributed by atoms with E-state index in [-0.39, 0.29) is 16.3 Å². The van der Waals surface area contributed by atoms with Gasteiger partial charge in [-0.2, -0.15) is 0 Å². The number of carbonyl (C=O) groups is 1. The van der Waals surface area contributed by atoms with Crippen molar-refractivity contribution in [3.05, 3.63) is 34.6 Å². The summed E-state index contributed by atoms with van der Waals surface area (Å²) in [5.74, 6) is -0.115. The summed E-state index contributed by atoms with van der Waals surface area (Å²) in [5.41, 5.74) is 0.362. The van der Waals surface area contributed by atoms with Gasteiger partial charge in [-0.25, -0.2) is 4.39 Å². The minimum Gasteiger partial charge on any atom is -0.339 e. The van der Waals surface area contributed by atoms with Crippen molar-refractivity contribution in [3.8, 4) is 0 Å². The number of halogens is 3. The van der Waals surface area contributed by atoms with Crippen molar-refractivity contribution in [3.63, 3.8) is 0 Å². The molecule has 0 saturated carbocycles. The number of nitrogens with zero attached hydrogens (tertiary/aromatic N) is 1. The predicted octanol–water partition coefficient (Wildman–Crippen LogP) is 3.96. The molecule has 5 heteroatoms. The number of piperidine rings is 1. The van der Waals surface area contributed by atoms with Crippen molar-refractivity contribution in [2.75, 3.05) is 13.1 Å². The molecule has 19 heavy (non-hydrogen) atoms. The van der Waals surface area contributed by atoms with E-state index in [1.54, 1.807) is 4.90 Å². The molecule has 1 aliphatic rings. The summed E-state index contributed by atoms with van der Waals surface area (Å²) in [4.78, 5) is 14.1. The van der Waals surface area contributed by atoms with Crippen LogP contribution in [0.25, 0.3) is 0 Å². The van der Waals surface area contributed by atoms with E-state index in [4.69, 9.17) is 23.2 Å². The first-order valence-corrected chi connectivity index (χ1v) is 7.19. The molecule has 1 unspecified atom stereocenters. The summed E-state index contributed by atoms with van der Waals surface area (Å²) < 4.78 is 13.0. The van der Waals surface area contributed by atoms with E-state index in [2.05, 4.69) is 0 Å². The molecule has 104 valence electrons. The molecule has 1 amide bonds. The van der Waals surface area contributed by atoms with E-state index < -0.39 is 5.82 Å². The van der Waals surface area contributed by atoms with Crippen LogP contribution in [0.5, 0.6) is 0 Å². The van der Waals surface area contributed by atoms with Crippen molar-refractivity contribution in [1.29, 1.82) is 0 Å². The van der Waals surface area contributed by atoms with Gasteiger partial charge in [-0.15, -0.1) is 11.6 Å². The van der Waals surface area contributed by atoms with Gasteiger partial charge in [0, 0.05) is 18.5 Å². The van der Waals surface area contributed by atoms with Gasteiger partial charge in [0.15, 0.2) is 0 Å². The Morgan fingerprint density at radius 1 is 1.42 bits per heavy atom. The van der Waals surface area contributed by atoms with Crippen molar-refractivity contribution in [2.24, 2.45) is 5.92 Å². The maximum atomic E-state index is 13.0. The molecule has 2 rings (SSSR count). The Balaban J connectivity index is 2.05. The van der Waals surface area contributed by atoms with Crippen LogP contribution in [-0.2, 0) is 0 Å². The monoisotopic (exact) mass is 303 g/mol. The second-order valence-electron chi connectivity index (χ2n) is 4.93. The summed E-state index contributed by atoms with van der Waals surface area (Å²) in [6.07, 6.45) is 1.80. The van der Waals surface area contributed by atoms with Gasteiger partial charge >= 0.3 is 0 Å². The minimum atomic E-state index is -0.434. The average molecular weight is 304 g/mol. The SMILES string of the molecule is CC(Cl)C1CCN(C(=O)c2ccc(F)cc2Cl)CC1. The molecule has 1 fully saturated rings. The van der Waals surface area contributed by atoms with Gasteiger partial charge in [-0.1, -0.05) is 11.6 Å². The zero-order valence-electron chi connectivity index (χ0n) is 10.7. The fraction of sp³-hybridized carbons (Fsp3) is 0.500. The maximum Gasteiger partial charge on any atom is 0.255 e. The molecule has 1 aromatic rings. The molecule has 1 aromatic carbocycles. The molecule has 0 aromatic heterocycles. The van der Waals surface area contributed by atoms with E-state index >= 15 is 0 Å². The van der Waals surface area contributed by atoms with Crippen LogP contribution in [0.15, 0.2) is 18.2 Å². The van der Waals surface area contributed by atoms with Crippen LogP contribution in [0, 0.1) is 11.7 Å².